The molecular formula is C19H28O3. The third-order valence-electron chi connectivity index (χ3n) is 8.29. The fraction of sp³-hybridized carbons (Fsp3) is 0.895. The van der Waals surface area contributed by atoms with Gasteiger partial charge in [-0.3, -0.25) is 9.59 Å². The summed E-state index contributed by atoms with van der Waals surface area (Å²) in [6.07, 6.45) is 6.59. The molecule has 4 aliphatic rings. The molecule has 0 aromatic rings. The Morgan fingerprint density at radius 2 is 1.77 bits per heavy atom. The van der Waals surface area contributed by atoms with Crippen LogP contribution in [0.4, 0.5) is 0 Å². The highest BCUT2D eigenvalue weighted by Crippen LogP contribution is 2.65. The van der Waals surface area contributed by atoms with E-state index in [0.717, 1.165) is 38.5 Å². The average Bonchev–Trinajstić information content (AvgIpc) is 2.77. The predicted molar refractivity (Wildman–Crippen MR) is 83.1 cm³/mol. The molecule has 0 saturated heterocycles. The summed E-state index contributed by atoms with van der Waals surface area (Å²) in [5.41, 5.74) is -0.205. The van der Waals surface area contributed by atoms with E-state index in [9.17, 15) is 14.7 Å². The van der Waals surface area contributed by atoms with Gasteiger partial charge in [-0.15, -0.1) is 0 Å². The van der Waals surface area contributed by atoms with Gasteiger partial charge in [0.25, 0.3) is 0 Å². The Bertz CT molecular complexity index is 527. The molecule has 4 aliphatic carbocycles. The number of carbonyl (C=O) groups excluding carboxylic acids is 2. The number of aliphatic hydroxyl groups is 1. The Labute approximate surface area is 132 Å². The first-order chi connectivity index (χ1) is 10.4. The van der Waals surface area contributed by atoms with E-state index in [0.29, 0.717) is 42.3 Å². The summed E-state index contributed by atoms with van der Waals surface area (Å²) in [4.78, 5) is 24.3. The van der Waals surface area contributed by atoms with Crippen LogP contribution in [0.2, 0.25) is 0 Å². The van der Waals surface area contributed by atoms with Gasteiger partial charge in [0, 0.05) is 30.1 Å². The summed E-state index contributed by atoms with van der Waals surface area (Å²) in [7, 11) is 0. The van der Waals surface area contributed by atoms with Gasteiger partial charge in [0.1, 0.15) is 11.6 Å². The molecule has 3 nitrogen and oxygen atoms in total. The van der Waals surface area contributed by atoms with E-state index in [1.165, 1.54) is 0 Å². The normalized spacial score (nSPS) is 54.6. The summed E-state index contributed by atoms with van der Waals surface area (Å²) in [5, 5.41) is 10.7. The van der Waals surface area contributed by atoms with Crippen molar-refractivity contribution >= 4 is 11.6 Å². The average molecular weight is 304 g/mol. The predicted octanol–water partition coefficient (Wildman–Crippen LogP) is 3.14. The van der Waals surface area contributed by atoms with Crippen molar-refractivity contribution in [2.45, 2.75) is 71.3 Å². The largest absolute Gasteiger partial charge is 0.392 e. The highest BCUT2D eigenvalue weighted by atomic mass is 16.3. The second-order valence-corrected chi connectivity index (χ2v) is 8.90. The Balaban J connectivity index is 1.69. The summed E-state index contributed by atoms with van der Waals surface area (Å²) >= 11 is 0. The van der Waals surface area contributed by atoms with Crippen LogP contribution in [0.25, 0.3) is 0 Å². The number of hydrogen-bond acceptors (Lipinski definition) is 3. The molecule has 7 unspecified atom stereocenters. The molecule has 22 heavy (non-hydrogen) atoms. The molecule has 7 atom stereocenters. The standard InChI is InChI=1S/C19H28O3/c1-18-8-7-15-13(14(18)5-6-16(18)21)4-3-11-9-12(20)10-17(22)19(11,15)2/h11,13-15,17,22H,3-10H2,1-2H3. The molecule has 122 valence electrons. The van der Waals surface area contributed by atoms with Gasteiger partial charge in [-0.2, -0.15) is 0 Å². The molecule has 3 heteroatoms. The first-order valence-electron chi connectivity index (χ1n) is 9.10. The van der Waals surface area contributed by atoms with Crippen LogP contribution in [0.15, 0.2) is 0 Å². The van der Waals surface area contributed by atoms with Crippen molar-refractivity contribution < 1.29 is 14.7 Å². The van der Waals surface area contributed by atoms with Crippen LogP contribution in [0.5, 0.6) is 0 Å². The van der Waals surface area contributed by atoms with Crippen molar-refractivity contribution in [1.29, 1.82) is 0 Å². The molecule has 0 aliphatic heterocycles. The van der Waals surface area contributed by atoms with E-state index >= 15 is 0 Å². The number of fused-ring (bicyclic) bond motifs is 5. The lowest BCUT2D eigenvalue weighted by Crippen LogP contribution is -2.58. The smallest absolute Gasteiger partial charge is 0.139 e. The summed E-state index contributed by atoms with van der Waals surface area (Å²) < 4.78 is 0. The highest BCUT2D eigenvalue weighted by molar-refractivity contribution is 5.87. The van der Waals surface area contributed by atoms with Gasteiger partial charge in [-0.1, -0.05) is 13.8 Å². The Hall–Kier alpha value is -0.700. The molecule has 0 radical (unpaired) electrons. The van der Waals surface area contributed by atoms with Crippen molar-refractivity contribution in [1.82, 2.24) is 0 Å². The lowest BCUT2D eigenvalue weighted by atomic mass is 9.44. The Morgan fingerprint density at radius 3 is 2.55 bits per heavy atom. The molecule has 1 N–H and O–H groups in total. The van der Waals surface area contributed by atoms with Crippen molar-refractivity contribution in [3.63, 3.8) is 0 Å². The molecule has 0 aromatic heterocycles. The fourth-order valence-electron chi connectivity index (χ4n) is 6.88. The van der Waals surface area contributed by atoms with Gasteiger partial charge in [0.15, 0.2) is 0 Å². The molecule has 0 bridgehead atoms. The van der Waals surface area contributed by atoms with Crippen molar-refractivity contribution in [3.05, 3.63) is 0 Å². The number of Topliss-reactive ketones (excluding diaryl/α,β-unsaturated/α-hetero) is 2. The van der Waals surface area contributed by atoms with Gasteiger partial charge < -0.3 is 5.11 Å². The quantitative estimate of drug-likeness (QED) is 0.748. The molecule has 0 spiro atoms. The molecular weight excluding hydrogens is 276 g/mol. The lowest BCUT2D eigenvalue weighted by Gasteiger charge is -2.60. The maximum atomic E-state index is 12.4. The van der Waals surface area contributed by atoms with Crippen LogP contribution in [0.3, 0.4) is 0 Å². The van der Waals surface area contributed by atoms with Crippen LogP contribution in [0.1, 0.15) is 65.2 Å². The Kier molecular flexibility index (Phi) is 3.15. The first-order valence-corrected chi connectivity index (χ1v) is 9.10. The van der Waals surface area contributed by atoms with Crippen LogP contribution < -0.4 is 0 Å². The van der Waals surface area contributed by atoms with Gasteiger partial charge >= 0.3 is 0 Å². The molecule has 0 aromatic carbocycles. The summed E-state index contributed by atoms with van der Waals surface area (Å²) in [6, 6.07) is 0. The molecule has 4 saturated carbocycles. The van der Waals surface area contributed by atoms with E-state index in [1.807, 2.05) is 0 Å². The van der Waals surface area contributed by atoms with Gasteiger partial charge in [0.2, 0.25) is 0 Å². The van der Waals surface area contributed by atoms with Crippen molar-refractivity contribution in [3.8, 4) is 0 Å². The van der Waals surface area contributed by atoms with Gasteiger partial charge in [-0.05, 0) is 55.8 Å². The maximum Gasteiger partial charge on any atom is 0.139 e. The third-order valence-corrected chi connectivity index (χ3v) is 8.29. The molecule has 0 heterocycles. The van der Waals surface area contributed by atoms with Gasteiger partial charge in [0.05, 0.1) is 6.10 Å². The minimum Gasteiger partial charge on any atom is -0.392 e. The second kappa shape index (κ2) is 4.66. The minimum atomic E-state index is -0.479. The Morgan fingerprint density at radius 1 is 1.00 bits per heavy atom. The van der Waals surface area contributed by atoms with Crippen LogP contribution in [-0.4, -0.2) is 22.8 Å². The zero-order valence-electron chi connectivity index (χ0n) is 13.8. The third kappa shape index (κ3) is 1.72. The summed E-state index contributed by atoms with van der Waals surface area (Å²) in [5.74, 6) is 2.66. The van der Waals surface area contributed by atoms with E-state index in [4.69, 9.17) is 0 Å². The van der Waals surface area contributed by atoms with E-state index < -0.39 is 6.10 Å². The lowest BCUT2D eigenvalue weighted by molar-refractivity contribution is -0.169. The molecule has 4 rings (SSSR count). The fourth-order valence-corrected chi connectivity index (χ4v) is 6.88. The molecule has 0 amide bonds. The van der Waals surface area contributed by atoms with Crippen LogP contribution in [0, 0.1) is 34.5 Å². The number of hydrogen-bond donors (Lipinski definition) is 1. The SMILES string of the molecule is CC12CCC3C(CCC4CC(=O)CC(O)C43C)C1CCC2=O. The van der Waals surface area contributed by atoms with Gasteiger partial charge in [-0.25, -0.2) is 0 Å². The van der Waals surface area contributed by atoms with E-state index in [2.05, 4.69) is 13.8 Å². The number of carbonyl (C=O) groups is 2. The molecule has 4 fully saturated rings. The van der Waals surface area contributed by atoms with E-state index in [1.54, 1.807) is 0 Å². The van der Waals surface area contributed by atoms with Crippen LogP contribution in [-0.2, 0) is 9.59 Å². The zero-order valence-corrected chi connectivity index (χ0v) is 13.8. The summed E-state index contributed by atoms with van der Waals surface area (Å²) in [6.45, 7) is 4.43. The first kappa shape index (κ1) is 14.9. The van der Waals surface area contributed by atoms with Crippen molar-refractivity contribution in [2.75, 3.05) is 0 Å². The second-order valence-electron chi connectivity index (χ2n) is 8.90. The number of rotatable bonds is 0. The van der Waals surface area contributed by atoms with Crippen molar-refractivity contribution in [2.24, 2.45) is 34.5 Å². The monoisotopic (exact) mass is 304 g/mol. The van der Waals surface area contributed by atoms with E-state index in [-0.39, 0.29) is 16.6 Å². The zero-order chi connectivity index (χ0) is 15.7. The maximum absolute atomic E-state index is 12.4. The topological polar surface area (TPSA) is 54.4 Å². The number of ketones is 2. The highest BCUT2D eigenvalue weighted by Gasteiger charge is 2.62. The number of aliphatic hydroxyl groups excluding tert-OH is 1. The van der Waals surface area contributed by atoms with Crippen LogP contribution >= 0.6 is 0 Å². The minimum absolute atomic E-state index is 0.0974.